The van der Waals surface area contributed by atoms with Gasteiger partial charge in [0.25, 0.3) is 0 Å². The number of hydrogen-bond acceptors (Lipinski definition) is 3. The molecule has 1 aliphatic heterocycles. The molecule has 1 unspecified atom stereocenters. The van der Waals surface area contributed by atoms with Crippen LogP contribution < -0.4 is 0 Å². The molecule has 3 nitrogen and oxygen atoms in total. The summed E-state index contributed by atoms with van der Waals surface area (Å²) in [6, 6.07) is 10.0. The Labute approximate surface area is 114 Å². The average Bonchev–Trinajstić information content (AvgIpc) is 2.49. The largest absolute Gasteiger partial charge is 0.344 e. The van der Waals surface area contributed by atoms with Crippen LogP contribution in [0.4, 0.5) is 0 Å². The van der Waals surface area contributed by atoms with Crippen molar-refractivity contribution in [3.63, 3.8) is 0 Å². The lowest BCUT2D eigenvalue weighted by Gasteiger charge is -2.41. The standard InChI is InChI=1S/C16H20O3/c1-13(14-8-4-2-5-9-14)15-12-17-16(19-18-15)10-6-3-7-11-16/h2,4-5,8-9,15H,1,3,6-7,10-12H2. The van der Waals surface area contributed by atoms with Crippen LogP contribution in [0.1, 0.15) is 37.7 Å². The molecule has 1 saturated heterocycles. The van der Waals surface area contributed by atoms with Crippen molar-refractivity contribution in [3.05, 3.63) is 42.5 Å². The minimum Gasteiger partial charge on any atom is -0.344 e. The lowest BCUT2D eigenvalue weighted by molar-refractivity contribution is -0.483. The van der Waals surface area contributed by atoms with Crippen molar-refractivity contribution in [2.45, 2.75) is 44.0 Å². The van der Waals surface area contributed by atoms with Crippen molar-refractivity contribution in [2.24, 2.45) is 0 Å². The fourth-order valence-electron chi connectivity index (χ4n) is 2.74. The predicted octanol–water partition coefficient (Wildman–Crippen LogP) is 3.71. The second kappa shape index (κ2) is 5.45. The van der Waals surface area contributed by atoms with Gasteiger partial charge in [-0.1, -0.05) is 43.3 Å². The SMILES string of the molecule is C=C(c1ccccc1)C1COC2(CCCCC2)OO1. The van der Waals surface area contributed by atoms with Crippen LogP contribution in [0.5, 0.6) is 0 Å². The van der Waals surface area contributed by atoms with E-state index in [-0.39, 0.29) is 6.10 Å². The minimum absolute atomic E-state index is 0.213. The maximum Gasteiger partial charge on any atom is 0.201 e. The van der Waals surface area contributed by atoms with Gasteiger partial charge < -0.3 is 4.74 Å². The van der Waals surface area contributed by atoms with E-state index in [2.05, 4.69) is 6.58 Å². The van der Waals surface area contributed by atoms with Gasteiger partial charge in [-0.25, -0.2) is 9.78 Å². The number of rotatable bonds is 2. The van der Waals surface area contributed by atoms with Gasteiger partial charge in [-0.2, -0.15) is 0 Å². The Hall–Kier alpha value is -1.16. The van der Waals surface area contributed by atoms with Crippen LogP contribution in [0.3, 0.4) is 0 Å². The highest BCUT2D eigenvalue weighted by atomic mass is 17.2. The molecular formula is C16H20O3. The molecule has 1 saturated carbocycles. The monoisotopic (exact) mass is 260 g/mol. The van der Waals surface area contributed by atoms with E-state index in [4.69, 9.17) is 14.5 Å². The zero-order valence-corrected chi connectivity index (χ0v) is 11.1. The summed E-state index contributed by atoms with van der Waals surface area (Å²) in [6.45, 7) is 4.62. The first-order chi connectivity index (χ1) is 9.29. The fourth-order valence-corrected chi connectivity index (χ4v) is 2.74. The van der Waals surface area contributed by atoms with Crippen molar-refractivity contribution in [2.75, 3.05) is 6.61 Å². The van der Waals surface area contributed by atoms with E-state index in [0.717, 1.165) is 36.8 Å². The molecular weight excluding hydrogens is 240 g/mol. The highest BCUT2D eigenvalue weighted by molar-refractivity contribution is 5.66. The molecule has 0 N–H and O–H groups in total. The van der Waals surface area contributed by atoms with Gasteiger partial charge in [0.15, 0.2) is 0 Å². The third-order valence-corrected chi connectivity index (χ3v) is 3.96. The van der Waals surface area contributed by atoms with Crippen LogP contribution in [0, 0.1) is 0 Å². The zero-order valence-electron chi connectivity index (χ0n) is 11.1. The summed E-state index contributed by atoms with van der Waals surface area (Å²) in [6.07, 6.45) is 5.19. The molecule has 1 aliphatic carbocycles. The summed E-state index contributed by atoms with van der Waals surface area (Å²) in [5, 5.41) is 0. The molecule has 1 heterocycles. The van der Waals surface area contributed by atoms with Gasteiger partial charge in [0.2, 0.25) is 5.79 Å². The Morgan fingerprint density at radius 3 is 2.47 bits per heavy atom. The van der Waals surface area contributed by atoms with Gasteiger partial charge in [0, 0.05) is 12.8 Å². The molecule has 3 rings (SSSR count). The number of ether oxygens (including phenoxy) is 1. The molecule has 0 bridgehead atoms. The van der Waals surface area contributed by atoms with E-state index in [1.165, 1.54) is 6.42 Å². The second-order valence-corrected chi connectivity index (χ2v) is 5.34. The number of benzene rings is 1. The third kappa shape index (κ3) is 2.73. The Balaban J connectivity index is 1.62. The first kappa shape index (κ1) is 12.9. The fraction of sp³-hybridized carbons (Fsp3) is 0.500. The summed E-state index contributed by atoms with van der Waals surface area (Å²) in [4.78, 5) is 11.1. The third-order valence-electron chi connectivity index (χ3n) is 3.96. The molecule has 0 radical (unpaired) electrons. The summed E-state index contributed by atoms with van der Waals surface area (Å²) in [7, 11) is 0. The van der Waals surface area contributed by atoms with Crippen molar-refractivity contribution in [1.29, 1.82) is 0 Å². The zero-order chi connectivity index (χ0) is 13.1. The molecule has 1 atom stereocenters. The molecule has 3 heteroatoms. The van der Waals surface area contributed by atoms with Crippen LogP contribution in [0.15, 0.2) is 36.9 Å². The van der Waals surface area contributed by atoms with Crippen LogP contribution in [-0.2, 0) is 14.5 Å². The average molecular weight is 260 g/mol. The summed E-state index contributed by atoms with van der Waals surface area (Å²) in [5.74, 6) is -0.494. The predicted molar refractivity (Wildman–Crippen MR) is 73.2 cm³/mol. The Bertz CT molecular complexity index is 425. The van der Waals surface area contributed by atoms with Crippen LogP contribution in [0.2, 0.25) is 0 Å². The van der Waals surface area contributed by atoms with E-state index in [9.17, 15) is 0 Å². The van der Waals surface area contributed by atoms with Crippen molar-refractivity contribution < 1.29 is 14.5 Å². The lowest BCUT2D eigenvalue weighted by atomic mass is 9.94. The molecule has 0 aromatic heterocycles. The van der Waals surface area contributed by atoms with Gasteiger partial charge in [0.05, 0.1) is 6.61 Å². The molecule has 2 fully saturated rings. The van der Waals surface area contributed by atoms with Crippen LogP contribution in [-0.4, -0.2) is 18.5 Å². The maximum absolute atomic E-state index is 5.95. The van der Waals surface area contributed by atoms with E-state index < -0.39 is 5.79 Å². The Kier molecular flexibility index (Phi) is 3.69. The van der Waals surface area contributed by atoms with Crippen molar-refractivity contribution in [3.8, 4) is 0 Å². The molecule has 1 spiro atoms. The van der Waals surface area contributed by atoms with E-state index in [1.54, 1.807) is 0 Å². The van der Waals surface area contributed by atoms with Gasteiger partial charge in [-0.15, -0.1) is 0 Å². The summed E-state index contributed by atoms with van der Waals surface area (Å²) >= 11 is 0. The summed E-state index contributed by atoms with van der Waals surface area (Å²) in [5.41, 5.74) is 1.98. The van der Waals surface area contributed by atoms with Crippen LogP contribution in [0.25, 0.3) is 5.57 Å². The van der Waals surface area contributed by atoms with Gasteiger partial charge in [-0.05, 0) is 24.0 Å². The number of hydrogen-bond donors (Lipinski definition) is 0. The lowest BCUT2D eigenvalue weighted by Crippen LogP contribution is -2.46. The van der Waals surface area contributed by atoms with Crippen molar-refractivity contribution in [1.82, 2.24) is 0 Å². The smallest absolute Gasteiger partial charge is 0.201 e. The van der Waals surface area contributed by atoms with Gasteiger partial charge >= 0.3 is 0 Å². The molecule has 0 amide bonds. The molecule has 1 aromatic rings. The summed E-state index contributed by atoms with van der Waals surface area (Å²) < 4.78 is 5.95. The molecule has 19 heavy (non-hydrogen) atoms. The first-order valence-electron chi connectivity index (χ1n) is 7.02. The first-order valence-corrected chi connectivity index (χ1v) is 7.02. The highest BCUT2D eigenvalue weighted by Crippen LogP contribution is 2.37. The molecule has 2 aliphatic rings. The molecule has 102 valence electrons. The van der Waals surface area contributed by atoms with E-state index in [0.29, 0.717) is 6.61 Å². The normalized spacial score (nSPS) is 26.2. The van der Waals surface area contributed by atoms with Gasteiger partial charge in [0.1, 0.15) is 6.10 Å². The quantitative estimate of drug-likeness (QED) is 0.759. The molecule has 1 aromatic carbocycles. The van der Waals surface area contributed by atoms with Gasteiger partial charge in [-0.3, -0.25) is 0 Å². The van der Waals surface area contributed by atoms with Crippen LogP contribution >= 0.6 is 0 Å². The Morgan fingerprint density at radius 2 is 1.84 bits per heavy atom. The Morgan fingerprint density at radius 1 is 1.11 bits per heavy atom. The second-order valence-electron chi connectivity index (χ2n) is 5.34. The van der Waals surface area contributed by atoms with E-state index in [1.807, 2.05) is 30.3 Å². The highest BCUT2D eigenvalue weighted by Gasteiger charge is 2.41. The minimum atomic E-state index is -0.494. The maximum atomic E-state index is 5.95. The van der Waals surface area contributed by atoms with E-state index >= 15 is 0 Å². The topological polar surface area (TPSA) is 27.7 Å². The van der Waals surface area contributed by atoms with Crippen molar-refractivity contribution >= 4 is 5.57 Å².